The van der Waals surface area contributed by atoms with E-state index in [1.807, 2.05) is 68.4 Å². The van der Waals surface area contributed by atoms with E-state index in [0.29, 0.717) is 5.69 Å². The Bertz CT molecular complexity index is 1760. The van der Waals surface area contributed by atoms with Crippen LogP contribution in [-0.4, -0.2) is 16.0 Å². The predicted molar refractivity (Wildman–Crippen MR) is 141 cm³/mol. The average Bonchev–Trinajstić information content (AvgIpc) is 2.85. The molecule has 5 aromatic carbocycles. The number of urea groups is 1. The molecule has 0 aliphatic rings. The van der Waals surface area contributed by atoms with Crippen molar-refractivity contribution >= 4 is 61.0 Å². The van der Waals surface area contributed by atoms with E-state index in [1.165, 1.54) is 10.9 Å². The van der Waals surface area contributed by atoms with Gasteiger partial charge in [0.15, 0.2) is 0 Å². The van der Waals surface area contributed by atoms with Gasteiger partial charge in [0, 0.05) is 22.1 Å². The van der Waals surface area contributed by atoms with Crippen molar-refractivity contribution in [1.82, 2.24) is 9.97 Å². The fourth-order valence-electron chi connectivity index (χ4n) is 4.47. The highest BCUT2D eigenvalue weighted by Gasteiger charge is 2.12. The SMILES string of the molecule is Cc1ccc(NC(=O)Nc2ccc3nc4c5ccccc5c5ccccc5c4nc3c2)cc1C. The lowest BCUT2D eigenvalue weighted by Crippen LogP contribution is -2.19. The lowest BCUT2D eigenvalue weighted by Gasteiger charge is -2.12. The minimum Gasteiger partial charge on any atom is -0.308 e. The van der Waals surface area contributed by atoms with E-state index in [0.717, 1.165) is 49.5 Å². The average molecular weight is 443 g/mol. The molecular formula is C29H22N4O. The molecule has 1 aromatic heterocycles. The second-order valence-electron chi connectivity index (χ2n) is 8.59. The van der Waals surface area contributed by atoms with Gasteiger partial charge >= 0.3 is 6.03 Å². The summed E-state index contributed by atoms with van der Waals surface area (Å²) in [6.07, 6.45) is 0. The third kappa shape index (κ3) is 3.39. The highest BCUT2D eigenvalue weighted by Crippen LogP contribution is 2.34. The first kappa shape index (κ1) is 20.1. The molecule has 5 nitrogen and oxygen atoms in total. The van der Waals surface area contributed by atoms with Crippen LogP contribution in [0.4, 0.5) is 16.2 Å². The molecule has 0 fully saturated rings. The molecule has 1 heterocycles. The Morgan fingerprint density at radius 2 is 1.12 bits per heavy atom. The van der Waals surface area contributed by atoms with Crippen LogP contribution in [0.15, 0.2) is 84.9 Å². The molecule has 5 heteroatoms. The van der Waals surface area contributed by atoms with Gasteiger partial charge in [0.2, 0.25) is 0 Å². The molecule has 164 valence electrons. The summed E-state index contributed by atoms with van der Waals surface area (Å²) in [6.45, 7) is 4.07. The van der Waals surface area contributed by atoms with E-state index in [-0.39, 0.29) is 6.03 Å². The van der Waals surface area contributed by atoms with E-state index in [2.05, 4.69) is 41.0 Å². The van der Waals surface area contributed by atoms with Crippen molar-refractivity contribution in [2.24, 2.45) is 0 Å². The molecule has 0 atom stereocenters. The van der Waals surface area contributed by atoms with Crippen molar-refractivity contribution in [1.29, 1.82) is 0 Å². The first-order valence-electron chi connectivity index (χ1n) is 11.2. The highest BCUT2D eigenvalue weighted by molar-refractivity contribution is 6.23. The number of carbonyl (C=O) groups excluding carboxylic acids is 1. The standard InChI is InChI=1S/C29H22N4O/c1-17-11-12-19(15-18(17)2)30-29(34)31-20-13-14-25-26(16-20)33-28-24-10-6-4-8-22(24)21-7-3-5-9-23(21)27(28)32-25/h3-16H,1-2H3,(H2,30,31,34). The predicted octanol–water partition coefficient (Wildman–Crippen LogP) is 7.35. The number of hydrogen-bond acceptors (Lipinski definition) is 3. The second-order valence-corrected chi connectivity index (χ2v) is 8.59. The number of fused-ring (bicyclic) bond motifs is 7. The third-order valence-electron chi connectivity index (χ3n) is 6.34. The summed E-state index contributed by atoms with van der Waals surface area (Å²) >= 11 is 0. The van der Waals surface area contributed by atoms with Gasteiger partial charge in [0.1, 0.15) is 0 Å². The molecule has 0 saturated heterocycles. The minimum absolute atomic E-state index is 0.298. The molecule has 6 aromatic rings. The number of hydrogen-bond donors (Lipinski definition) is 2. The summed E-state index contributed by atoms with van der Waals surface area (Å²) in [4.78, 5) is 22.6. The summed E-state index contributed by atoms with van der Waals surface area (Å²) in [5, 5.41) is 10.3. The van der Waals surface area contributed by atoms with E-state index in [1.54, 1.807) is 0 Å². The zero-order valence-corrected chi connectivity index (χ0v) is 18.9. The van der Waals surface area contributed by atoms with Gasteiger partial charge in [-0.1, -0.05) is 54.6 Å². The maximum Gasteiger partial charge on any atom is 0.323 e. The molecule has 0 saturated carbocycles. The molecule has 0 aliphatic heterocycles. The van der Waals surface area contributed by atoms with Gasteiger partial charge in [-0.3, -0.25) is 0 Å². The van der Waals surface area contributed by atoms with Crippen LogP contribution in [-0.2, 0) is 0 Å². The van der Waals surface area contributed by atoms with Crippen LogP contribution in [0.1, 0.15) is 11.1 Å². The van der Waals surface area contributed by atoms with Gasteiger partial charge in [-0.2, -0.15) is 0 Å². The number of anilines is 2. The number of amides is 2. The van der Waals surface area contributed by atoms with E-state index < -0.39 is 0 Å². The molecule has 0 radical (unpaired) electrons. The smallest absolute Gasteiger partial charge is 0.308 e. The van der Waals surface area contributed by atoms with Crippen molar-refractivity contribution < 1.29 is 4.79 Å². The first-order valence-corrected chi connectivity index (χ1v) is 11.2. The number of aromatic nitrogens is 2. The van der Waals surface area contributed by atoms with Crippen molar-refractivity contribution in [3.8, 4) is 0 Å². The Hall–Kier alpha value is -4.51. The molecule has 2 N–H and O–H groups in total. The van der Waals surface area contributed by atoms with Crippen molar-refractivity contribution in [3.05, 3.63) is 96.1 Å². The number of benzene rings is 5. The number of nitrogens with zero attached hydrogens (tertiary/aromatic N) is 2. The monoisotopic (exact) mass is 442 g/mol. The van der Waals surface area contributed by atoms with Crippen LogP contribution in [0.25, 0.3) is 43.6 Å². The van der Waals surface area contributed by atoms with Crippen LogP contribution in [0, 0.1) is 13.8 Å². The molecule has 0 unspecified atom stereocenters. The van der Waals surface area contributed by atoms with Gasteiger partial charge in [-0.15, -0.1) is 0 Å². The van der Waals surface area contributed by atoms with E-state index in [4.69, 9.17) is 9.97 Å². The molecule has 0 aliphatic carbocycles. The number of rotatable bonds is 2. The highest BCUT2D eigenvalue weighted by atomic mass is 16.2. The topological polar surface area (TPSA) is 66.9 Å². The van der Waals surface area contributed by atoms with Crippen LogP contribution >= 0.6 is 0 Å². The van der Waals surface area contributed by atoms with Crippen molar-refractivity contribution in [2.45, 2.75) is 13.8 Å². The quantitative estimate of drug-likeness (QED) is 0.218. The lowest BCUT2D eigenvalue weighted by atomic mass is 9.99. The van der Waals surface area contributed by atoms with Crippen LogP contribution < -0.4 is 10.6 Å². The lowest BCUT2D eigenvalue weighted by molar-refractivity contribution is 0.262. The molecule has 0 bridgehead atoms. The van der Waals surface area contributed by atoms with Crippen molar-refractivity contribution in [2.75, 3.05) is 10.6 Å². The Kier molecular flexibility index (Phi) is 4.62. The Balaban J connectivity index is 1.42. The van der Waals surface area contributed by atoms with Gasteiger partial charge in [-0.25, -0.2) is 14.8 Å². The molecule has 34 heavy (non-hydrogen) atoms. The van der Waals surface area contributed by atoms with Crippen molar-refractivity contribution in [3.63, 3.8) is 0 Å². The fraction of sp³-hybridized carbons (Fsp3) is 0.0690. The summed E-state index contributed by atoms with van der Waals surface area (Å²) in [6, 6.07) is 27.8. The van der Waals surface area contributed by atoms with E-state index >= 15 is 0 Å². The maximum atomic E-state index is 12.6. The Morgan fingerprint density at radius 1 is 0.588 bits per heavy atom. The second kappa shape index (κ2) is 7.81. The third-order valence-corrected chi connectivity index (χ3v) is 6.34. The Labute approximate surface area is 196 Å². The molecular weight excluding hydrogens is 420 g/mol. The summed E-state index contributed by atoms with van der Waals surface area (Å²) in [5.74, 6) is 0. The maximum absolute atomic E-state index is 12.6. The number of aryl methyl sites for hydroxylation is 2. The molecule has 0 spiro atoms. The van der Waals surface area contributed by atoms with Gasteiger partial charge < -0.3 is 10.6 Å². The van der Waals surface area contributed by atoms with Crippen LogP contribution in [0.3, 0.4) is 0 Å². The summed E-state index contributed by atoms with van der Waals surface area (Å²) < 4.78 is 0. The van der Waals surface area contributed by atoms with Crippen LogP contribution in [0.2, 0.25) is 0 Å². The normalized spacial score (nSPS) is 11.4. The largest absolute Gasteiger partial charge is 0.323 e. The Morgan fingerprint density at radius 3 is 1.74 bits per heavy atom. The number of nitrogens with one attached hydrogen (secondary N) is 2. The molecule has 6 rings (SSSR count). The number of carbonyl (C=O) groups is 1. The van der Waals surface area contributed by atoms with E-state index in [9.17, 15) is 4.79 Å². The molecule has 2 amide bonds. The van der Waals surface area contributed by atoms with Gasteiger partial charge in [-0.05, 0) is 66.1 Å². The zero-order valence-electron chi connectivity index (χ0n) is 18.9. The van der Waals surface area contributed by atoms with Gasteiger partial charge in [0.25, 0.3) is 0 Å². The summed E-state index contributed by atoms with van der Waals surface area (Å²) in [5.41, 5.74) is 6.99. The zero-order chi connectivity index (χ0) is 23.2. The first-order chi connectivity index (χ1) is 16.6. The van der Waals surface area contributed by atoms with Gasteiger partial charge in [0.05, 0.1) is 22.1 Å². The fourth-order valence-corrected chi connectivity index (χ4v) is 4.47. The minimum atomic E-state index is -0.298. The summed E-state index contributed by atoms with van der Waals surface area (Å²) in [7, 11) is 0. The van der Waals surface area contributed by atoms with Crippen LogP contribution in [0.5, 0.6) is 0 Å².